The van der Waals surface area contributed by atoms with Crippen LogP contribution in [0.4, 0.5) is 13.2 Å². The number of benzene rings is 2. The molecule has 0 saturated carbocycles. The Hall–Kier alpha value is -1.49. The standard InChI is InChI=1S/C14H10BrF3O/c1-8-6-9(2-4-12(8)16)19-7-10-13(17)5-3-11(15)14(10)18/h2-6H,7H2,1H3. The average Bonchev–Trinajstić information content (AvgIpc) is 2.38. The monoisotopic (exact) mass is 330 g/mol. The molecule has 1 nitrogen and oxygen atoms in total. The van der Waals surface area contributed by atoms with Gasteiger partial charge in [-0.3, -0.25) is 0 Å². The molecule has 0 aromatic heterocycles. The topological polar surface area (TPSA) is 9.23 Å². The van der Waals surface area contributed by atoms with Crippen LogP contribution in [0.2, 0.25) is 0 Å². The number of ether oxygens (including phenoxy) is 1. The Morgan fingerprint density at radius 1 is 1.05 bits per heavy atom. The lowest BCUT2D eigenvalue weighted by Crippen LogP contribution is -2.03. The van der Waals surface area contributed by atoms with E-state index in [0.29, 0.717) is 11.3 Å². The minimum Gasteiger partial charge on any atom is -0.489 e. The minimum absolute atomic E-state index is 0.169. The Morgan fingerprint density at radius 3 is 2.42 bits per heavy atom. The number of hydrogen-bond donors (Lipinski definition) is 0. The van der Waals surface area contributed by atoms with Crippen LogP contribution in [0.25, 0.3) is 0 Å². The second kappa shape index (κ2) is 5.65. The highest BCUT2D eigenvalue weighted by atomic mass is 79.9. The summed E-state index contributed by atoms with van der Waals surface area (Å²) in [6.45, 7) is 1.32. The molecule has 0 aliphatic heterocycles. The zero-order valence-electron chi connectivity index (χ0n) is 10.0. The molecule has 2 aromatic rings. The van der Waals surface area contributed by atoms with Crippen molar-refractivity contribution in [3.05, 3.63) is 63.4 Å². The van der Waals surface area contributed by atoms with Gasteiger partial charge in [0.1, 0.15) is 29.8 Å². The third-order valence-electron chi connectivity index (χ3n) is 2.65. The summed E-state index contributed by atoms with van der Waals surface area (Å²) < 4.78 is 45.7. The van der Waals surface area contributed by atoms with Crippen molar-refractivity contribution < 1.29 is 17.9 Å². The Morgan fingerprint density at radius 2 is 1.74 bits per heavy atom. The second-order valence-corrected chi connectivity index (χ2v) is 4.88. The molecule has 0 amide bonds. The van der Waals surface area contributed by atoms with E-state index in [1.54, 1.807) is 6.92 Å². The zero-order chi connectivity index (χ0) is 14.0. The normalized spacial score (nSPS) is 10.6. The van der Waals surface area contributed by atoms with E-state index in [2.05, 4.69) is 15.9 Å². The van der Waals surface area contributed by atoms with E-state index in [1.165, 1.54) is 24.3 Å². The van der Waals surface area contributed by atoms with Crippen molar-refractivity contribution in [2.24, 2.45) is 0 Å². The molecule has 0 radical (unpaired) electrons. The van der Waals surface area contributed by atoms with Gasteiger partial charge in [0.25, 0.3) is 0 Å². The highest BCUT2D eigenvalue weighted by molar-refractivity contribution is 9.10. The van der Waals surface area contributed by atoms with Crippen LogP contribution in [0.1, 0.15) is 11.1 Å². The predicted octanol–water partition coefficient (Wildman–Crippen LogP) is 4.75. The fourth-order valence-corrected chi connectivity index (χ4v) is 1.94. The lowest BCUT2D eigenvalue weighted by Gasteiger charge is -2.10. The van der Waals surface area contributed by atoms with E-state index in [0.717, 1.165) is 6.07 Å². The lowest BCUT2D eigenvalue weighted by molar-refractivity contribution is 0.291. The highest BCUT2D eigenvalue weighted by Gasteiger charge is 2.13. The molecule has 0 spiro atoms. The molecule has 100 valence electrons. The molecule has 0 atom stereocenters. The van der Waals surface area contributed by atoms with E-state index in [4.69, 9.17) is 4.74 Å². The van der Waals surface area contributed by atoms with Gasteiger partial charge in [-0.15, -0.1) is 0 Å². The molecule has 0 unspecified atom stereocenters. The first-order chi connectivity index (χ1) is 8.99. The molecule has 0 N–H and O–H groups in total. The van der Waals surface area contributed by atoms with Crippen LogP contribution in [0.3, 0.4) is 0 Å². The molecule has 0 fully saturated rings. The summed E-state index contributed by atoms with van der Waals surface area (Å²) in [7, 11) is 0. The van der Waals surface area contributed by atoms with Crippen LogP contribution in [0, 0.1) is 24.4 Å². The first-order valence-corrected chi connectivity index (χ1v) is 6.29. The van der Waals surface area contributed by atoms with E-state index in [-0.39, 0.29) is 22.5 Å². The van der Waals surface area contributed by atoms with Gasteiger partial charge in [-0.2, -0.15) is 0 Å². The fraction of sp³-hybridized carbons (Fsp3) is 0.143. The number of halogens is 4. The van der Waals surface area contributed by atoms with Crippen molar-refractivity contribution in [3.63, 3.8) is 0 Å². The number of aryl methyl sites for hydroxylation is 1. The first-order valence-electron chi connectivity index (χ1n) is 5.50. The first kappa shape index (κ1) is 13.9. The van der Waals surface area contributed by atoms with Crippen molar-refractivity contribution in [3.8, 4) is 5.75 Å². The van der Waals surface area contributed by atoms with Gasteiger partial charge >= 0.3 is 0 Å². The van der Waals surface area contributed by atoms with E-state index < -0.39 is 11.6 Å². The molecule has 5 heteroatoms. The molecular formula is C14H10BrF3O. The van der Waals surface area contributed by atoms with Crippen molar-refractivity contribution >= 4 is 15.9 Å². The summed E-state index contributed by atoms with van der Waals surface area (Å²) in [6, 6.07) is 6.58. The van der Waals surface area contributed by atoms with Crippen LogP contribution in [-0.2, 0) is 6.61 Å². The maximum Gasteiger partial charge on any atom is 0.146 e. The molecule has 0 aliphatic rings. The van der Waals surface area contributed by atoms with Gasteiger partial charge in [-0.1, -0.05) is 0 Å². The zero-order valence-corrected chi connectivity index (χ0v) is 11.6. The Bertz CT molecular complexity index is 614. The van der Waals surface area contributed by atoms with Crippen molar-refractivity contribution in [1.29, 1.82) is 0 Å². The molecule has 0 heterocycles. The van der Waals surface area contributed by atoms with Gasteiger partial charge in [-0.25, -0.2) is 13.2 Å². The van der Waals surface area contributed by atoms with Crippen LogP contribution in [-0.4, -0.2) is 0 Å². The van der Waals surface area contributed by atoms with Gasteiger partial charge in [0.05, 0.1) is 10.0 Å². The summed E-state index contributed by atoms with van der Waals surface area (Å²) in [5.41, 5.74) is 0.240. The average molecular weight is 331 g/mol. The van der Waals surface area contributed by atoms with Crippen LogP contribution in [0.5, 0.6) is 5.75 Å². The SMILES string of the molecule is Cc1cc(OCc2c(F)ccc(Br)c2F)ccc1F. The van der Waals surface area contributed by atoms with Gasteiger partial charge in [0.15, 0.2) is 0 Å². The van der Waals surface area contributed by atoms with Gasteiger partial charge in [0, 0.05) is 0 Å². The Balaban J connectivity index is 2.19. The molecule has 2 rings (SSSR count). The Kier molecular flexibility index (Phi) is 4.14. The molecule has 0 saturated heterocycles. The molecule has 19 heavy (non-hydrogen) atoms. The summed E-state index contributed by atoms with van der Waals surface area (Å²) in [5.74, 6) is -1.37. The van der Waals surface area contributed by atoms with E-state index in [1.807, 2.05) is 0 Å². The number of hydrogen-bond acceptors (Lipinski definition) is 1. The van der Waals surface area contributed by atoms with Crippen LogP contribution < -0.4 is 4.74 Å². The number of rotatable bonds is 3. The molecule has 2 aromatic carbocycles. The molecule has 0 bridgehead atoms. The lowest BCUT2D eigenvalue weighted by atomic mass is 10.2. The summed E-state index contributed by atoms with van der Waals surface area (Å²) in [4.78, 5) is 0. The third-order valence-corrected chi connectivity index (χ3v) is 3.26. The smallest absolute Gasteiger partial charge is 0.146 e. The van der Waals surface area contributed by atoms with Crippen molar-refractivity contribution in [1.82, 2.24) is 0 Å². The van der Waals surface area contributed by atoms with Gasteiger partial charge in [-0.05, 0) is 58.7 Å². The summed E-state index contributed by atoms with van der Waals surface area (Å²) in [6.07, 6.45) is 0. The maximum absolute atomic E-state index is 13.7. The van der Waals surface area contributed by atoms with Crippen LogP contribution in [0.15, 0.2) is 34.8 Å². The van der Waals surface area contributed by atoms with Crippen molar-refractivity contribution in [2.45, 2.75) is 13.5 Å². The fourth-order valence-electron chi connectivity index (χ4n) is 1.56. The molecule has 0 aliphatic carbocycles. The van der Waals surface area contributed by atoms with Gasteiger partial charge in [0.2, 0.25) is 0 Å². The third kappa shape index (κ3) is 3.10. The minimum atomic E-state index is -0.696. The summed E-state index contributed by atoms with van der Waals surface area (Å²) >= 11 is 2.98. The van der Waals surface area contributed by atoms with E-state index in [9.17, 15) is 13.2 Å². The quantitative estimate of drug-likeness (QED) is 0.737. The second-order valence-electron chi connectivity index (χ2n) is 4.02. The molecular weight excluding hydrogens is 321 g/mol. The highest BCUT2D eigenvalue weighted by Crippen LogP contribution is 2.24. The van der Waals surface area contributed by atoms with Crippen molar-refractivity contribution in [2.75, 3.05) is 0 Å². The Labute approximate surface area is 117 Å². The van der Waals surface area contributed by atoms with Crippen LogP contribution >= 0.6 is 15.9 Å². The largest absolute Gasteiger partial charge is 0.489 e. The van der Waals surface area contributed by atoms with Gasteiger partial charge < -0.3 is 4.74 Å². The summed E-state index contributed by atoms with van der Waals surface area (Å²) in [5, 5.41) is 0. The van der Waals surface area contributed by atoms with E-state index >= 15 is 0 Å². The maximum atomic E-state index is 13.7. The predicted molar refractivity (Wildman–Crippen MR) is 69.5 cm³/mol.